The van der Waals surface area contributed by atoms with Crippen molar-refractivity contribution >= 4 is 33.2 Å². The van der Waals surface area contributed by atoms with E-state index < -0.39 is 10.0 Å². The van der Waals surface area contributed by atoms with Crippen LogP contribution < -0.4 is 10.0 Å². The zero-order valence-electron chi connectivity index (χ0n) is 9.83. The first-order valence-electron chi connectivity index (χ1n) is 5.59. The normalized spacial score (nSPS) is 20.3. The predicted octanol–water partition coefficient (Wildman–Crippen LogP) is 1.94. The lowest BCUT2D eigenvalue weighted by Gasteiger charge is -2.13. The number of hydrogen-bond acceptors (Lipinski definition) is 3. The van der Waals surface area contributed by atoms with Gasteiger partial charge in [0.05, 0.1) is 4.90 Å². The Morgan fingerprint density at radius 1 is 1.33 bits per heavy atom. The molecule has 1 aliphatic heterocycles. The molecule has 0 bridgehead atoms. The van der Waals surface area contributed by atoms with Gasteiger partial charge in [-0.25, -0.2) is 13.1 Å². The first-order valence-corrected chi connectivity index (χ1v) is 7.83. The van der Waals surface area contributed by atoms with Gasteiger partial charge in [-0.05, 0) is 37.6 Å². The van der Waals surface area contributed by atoms with Gasteiger partial charge in [-0.3, -0.25) is 0 Å². The topological polar surface area (TPSA) is 58.2 Å². The molecule has 1 aromatic carbocycles. The van der Waals surface area contributed by atoms with E-state index in [2.05, 4.69) is 10.0 Å². The molecule has 1 aliphatic rings. The molecule has 0 radical (unpaired) electrons. The molecular weight excluding hydrogens is 295 g/mol. The van der Waals surface area contributed by atoms with Crippen LogP contribution in [0.1, 0.15) is 12.0 Å². The van der Waals surface area contributed by atoms with Gasteiger partial charge in [-0.2, -0.15) is 0 Å². The monoisotopic (exact) mass is 308 g/mol. The van der Waals surface area contributed by atoms with Crippen LogP contribution in [0.15, 0.2) is 17.0 Å². The number of nitrogens with one attached hydrogen (secondary N) is 2. The fourth-order valence-electron chi connectivity index (χ4n) is 1.82. The van der Waals surface area contributed by atoms with E-state index >= 15 is 0 Å². The van der Waals surface area contributed by atoms with Crippen LogP contribution in [0.3, 0.4) is 0 Å². The van der Waals surface area contributed by atoms with E-state index in [4.69, 9.17) is 23.2 Å². The lowest BCUT2D eigenvalue weighted by molar-refractivity contribution is 0.560. The third-order valence-corrected chi connectivity index (χ3v) is 5.23. The Hall–Kier alpha value is -0.330. The maximum Gasteiger partial charge on any atom is 0.240 e. The molecule has 1 fully saturated rings. The van der Waals surface area contributed by atoms with Crippen LogP contribution in [0, 0.1) is 6.92 Å². The molecule has 0 spiro atoms. The van der Waals surface area contributed by atoms with Crippen LogP contribution >= 0.6 is 23.2 Å². The predicted molar refractivity (Wildman–Crippen MR) is 72.8 cm³/mol. The fourth-order valence-corrected chi connectivity index (χ4v) is 3.76. The molecule has 1 atom stereocenters. The highest BCUT2D eigenvalue weighted by atomic mass is 35.5. The molecule has 1 aromatic rings. The molecule has 0 amide bonds. The molecule has 2 N–H and O–H groups in total. The smallest absolute Gasteiger partial charge is 0.240 e. The highest BCUT2D eigenvalue weighted by Crippen LogP contribution is 2.27. The van der Waals surface area contributed by atoms with Crippen molar-refractivity contribution < 1.29 is 8.42 Å². The van der Waals surface area contributed by atoms with E-state index in [1.807, 2.05) is 0 Å². The van der Waals surface area contributed by atoms with Gasteiger partial charge in [-0.1, -0.05) is 23.2 Å². The van der Waals surface area contributed by atoms with Gasteiger partial charge in [0.25, 0.3) is 0 Å². The first kappa shape index (κ1) is 14.1. The van der Waals surface area contributed by atoms with Gasteiger partial charge in [0, 0.05) is 22.6 Å². The van der Waals surface area contributed by atoms with Gasteiger partial charge in [0.1, 0.15) is 0 Å². The molecule has 0 saturated carbocycles. The second-order valence-electron chi connectivity index (χ2n) is 4.32. The molecule has 1 saturated heterocycles. The molecule has 1 unspecified atom stereocenters. The van der Waals surface area contributed by atoms with E-state index in [0.29, 0.717) is 22.2 Å². The van der Waals surface area contributed by atoms with Crippen LogP contribution in [0.2, 0.25) is 10.0 Å². The zero-order chi connectivity index (χ0) is 13.3. The largest absolute Gasteiger partial charge is 0.315 e. The summed E-state index contributed by atoms with van der Waals surface area (Å²) in [4.78, 5) is 0.106. The minimum absolute atomic E-state index is 0.0751. The third-order valence-electron chi connectivity index (χ3n) is 2.95. The average molecular weight is 309 g/mol. The third kappa shape index (κ3) is 2.97. The van der Waals surface area contributed by atoms with Crippen molar-refractivity contribution in [1.29, 1.82) is 0 Å². The van der Waals surface area contributed by atoms with Crippen molar-refractivity contribution in [2.45, 2.75) is 24.3 Å². The SMILES string of the molecule is Cc1c(Cl)cc(S(=O)(=O)NC2CCNC2)cc1Cl. The maximum atomic E-state index is 12.1. The number of halogens is 2. The second-order valence-corrected chi connectivity index (χ2v) is 6.85. The van der Waals surface area contributed by atoms with Crippen molar-refractivity contribution in [2.75, 3.05) is 13.1 Å². The van der Waals surface area contributed by atoms with Crippen LogP contribution in [0.4, 0.5) is 0 Å². The summed E-state index contributed by atoms with van der Waals surface area (Å²) in [5.74, 6) is 0. The van der Waals surface area contributed by atoms with Gasteiger partial charge < -0.3 is 5.32 Å². The molecule has 2 rings (SSSR count). The summed E-state index contributed by atoms with van der Waals surface area (Å²) in [6.07, 6.45) is 0.784. The number of benzene rings is 1. The van der Waals surface area contributed by atoms with Crippen molar-refractivity contribution in [2.24, 2.45) is 0 Å². The maximum absolute atomic E-state index is 12.1. The summed E-state index contributed by atoms with van der Waals surface area (Å²) in [6.45, 7) is 3.21. The summed E-state index contributed by atoms with van der Waals surface area (Å²) >= 11 is 11.9. The van der Waals surface area contributed by atoms with Crippen molar-refractivity contribution in [3.8, 4) is 0 Å². The lowest BCUT2D eigenvalue weighted by atomic mass is 10.2. The van der Waals surface area contributed by atoms with E-state index in [1.165, 1.54) is 12.1 Å². The van der Waals surface area contributed by atoms with Crippen LogP contribution in [0.25, 0.3) is 0 Å². The van der Waals surface area contributed by atoms with Crippen LogP contribution in [-0.2, 0) is 10.0 Å². The molecule has 1 heterocycles. The molecule has 7 heteroatoms. The quantitative estimate of drug-likeness (QED) is 0.897. The molecule has 0 aliphatic carbocycles. The standard InChI is InChI=1S/C11H14Cl2N2O2S/c1-7-10(12)4-9(5-11(7)13)18(16,17)15-8-2-3-14-6-8/h4-5,8,14-15H,2-3,6H2,1H3. The average Bonchev–Trinajstić information content (AvgIpc) is 2.77. The van der Waals surface area contributed by atoms with Gasteiger partial charge >= 0.3 is 0 Å². The molecular formula is C11H14Cl2N2O2S. The second kappa shape index (κ2) is 5.35. The summed E-state index contributed by atoms with van der Waals surface area (Å²) in [7, 11) is -3.56. The molecule has 4 nitrogen and oxygen atoms in total. The highest BCUT2D eigenvalue weighted by molar-refractivity contribution is 7.89. The van der Waals surface area contributed by atoms with Gasteiger partial charge in [-0.15, -0.1) is 0 Å². The van der Waals surface area contributed by atoms with E-state index in [1.54, 1.807) is 6.92 Å². The Morgan fingerprint density at radius 3 is 2.44 bits per heavy atom. The lowest BCUT2D eigenvalue weighted by Crippen LogP contribution is -2.36. The van der Waals surface area contributed by atoms with Crippen molar-refractivity contribution in [1.82, 2.24) is 10.0 Å². The molecule has 100 valence electrons. The first-order chi connectivity index (χ1) is 8.40. The summed E-state index contributed by atoms with van der Waals surface area (Å²) in [5.41, 5.74) is 0.680. The van der Waals surface area contributed by atoms with Gasteiger partial charge in [0.15, 0.2) is 0 Å². The van der Waals surface area contributed by atoms with E-state index in [-0.39, 0.29) is 10.9 Å². The Kier molecular flexibility index (Phi) is 4.18. The zero-order valence-corrected chi connectivity index (χ0v) is 12.2. The van der Waals surface area contributed by atoms with Gasteiger partial charge in [0.2, 0.25) is 10.0 Å². The highest BCUT2D eigenvalue weighted by Gasteiger charge is 2.23. The fraction of sp³-hybridized carbons (Fsp3) is 0.455. The van der Waals surface area contributed by atoms with Crippen molar-refractivity contribution in [3.63, 3.8) is 0 Å². The summed E-state index contributed by atoms with van der Waals surface area (Å²) in [5, 5.41) is 3.81. The Bertz CT molecular complexity index is 531. The number of hydrogen-bond donors (Lipinski definition) is 2. The minimum Gasteiger partial charge on any atom is -0.315 e. The molecule has 0 aromatic heterocycles. The van der Waals surface area contributed by atoms with E-state index in [9.17, 15) is 8.42 Å². The Balaban J connectivity index is 2.29. The van der Waals surface area contributed by atoms with Crippen molar-refractivity contribution in [3.05, 3.63) is 27.7 Å². The number of rotatable bonds is 3. The van der Waals surface area contributed by atoms with E-state index in [0.717, 1.165) is 13.0 Å². The van der Waals surface area contributed by atoms with Crippen LogP contribution in [0.5, 0.6) is 0 Å². The number of sulfonamides is 1. The van der Waals surface area contributed by atoms with Crippen LogP contribution in [-0.4, -0.2) is 27.5 Å². The summed E-state index contributed by atoms with van der Waals surface area (Å²) in [6, 6.07) is 2.77. The Morgan fingerprint density at radius 2 is 1.94 bits per heavy atom. The summed E-state index contributed by atoms with van der Waals surface area (Å²) < 4.78 is 26.9. The minimum atomic E-state index is -3.56. The Labute approximate surface area is 117 Å². The molecule has 18 heavy (non-hydrogen) atoms.